The van der Waals surface area contributed by atoms with Crippen LogP contribution in [-0.4, -0.2) is 19.0 Å². The van der Waals surface area contributed by atoms with Crippen LogP contribution in [0, 0.1) is 0 Å². The van der Waals surface area contributed by atoms with E-state index in [2.05, 4.69) is 4.72 Å². The zero-order chi connectivity index (χ0) is 8.32. The van der Waals surface area contributed by atoms with Gasteiger partial charge in [-0.25, -0.2) is 0 Å². The molecule has 1 aliphatic carbocycles. The third kappa shape index (κ3) is 4.63. The van der Waals surface area contributed by atoms with E-state index in [-0.39, 0.29) is 10.7 Å². The van der Waals surface area contributed by atoms with Crippen LogP contribution in [0.2, 0.25) is 0 Å². The van der Waals surface area contributed by atoms with Gasteiger partial charge < -0.3 is 0 Å². The molecule has 0 aromatic rings. The van der Waals surface area contributed by atoms with Gasteiger partial charge in [0.15, 0.2) is 0 Å². The van der Waals surface area contributed by atoms with Crippen LogP contribution >= 0.6 is 0 Å². The molecule has 6 heteroatoms. The summed E-state index contributed by atoms with van der Waals surface area (Å²) >= 11 is 0. The van der Waals surface area contributed by atoms with Crippen LogP contribution < -0.4 is 4.72 Å². The monoisotopic (exact) mass is 199 g/mol. The summed E-state index contributed by atoms with van der Waals surface area (Å²) in [6.45, 7) is 0. The second-order valence-corrected chi connectivity index (χ2v) is 4.11. The fourth-order valence-electron chi connectivity index (χ4n) is 1.43. The standard InChI is InChI=1S/C6H13NO3S.FH/c8-11(9,10)7-6-4-2-1-3-5-6;/h6-7H,1-5H2,(H,8,9,10);1H. The van der Waals surface area contributed by atoms with Crippen molar-refractivity contribution in [3.63, 3.8) is 0 Å². The van der Waals surface area contributed by atoms with Gasteiger partial charge in [0, 0.05) is 6.04 Å². The molecule has 1 aliphatic rings. The van der Waals surface area contributed by atoms with Crippen LogP contribution in [-0.2, 0) is 10.3 Å². The van der Waals surface area contributed by atoms with E-state index < -0.39 is 10.3 Å². The lowest BCUT2D eigenvalue weighted by Gasteiger charge is -2.20. The van der Waals surface area contributed by atoms with Crippen molar-refractivity contribution in [2.45, 2.75) is 38.1 Å². The molecule has 74 valence electrons. The maximum absolute atomic E-state index is 10.3. The van der Waals surface area contributed by atoms with Gasteiger partial charge in [0.2, 0.25) is 0 Å². The first-order chi connectivity index (χ1) is 5.08. The minimum atomic E-state index is -3.97. The lowest BCUT2D eigenvalue weighted by atomic mass is 9.96. The molecular weight excluding hydrogens is 185 g/mol. The van der Waals surface area contributed by atoms with Crippen molar-refractivity contribution in [1.29, 1.82) is 0 Å². The Kier molecular flexibility index (Phi) is 4.66. The highest BCUT2D eigenvalue weighted by atomic mass is 32.2. The Bertz CT molecular complexity index is 211. The summed E-state index contributed by atoms with van der Waals surface area (Å²) in [6.07, 6.45) is 4.96. The summed E-state index contributed by atoms with van der Waals surface area (Å²) in [4.78, 5) is 0. The van der Waals surface area contributed by atoms with Crippen molar-refractivity contribution in [2.24, 2.45) is 0 Å². The smallest absolute Gasteiger partial charge is 0.273 e. The molecule has 0 amide bonds. The van der Waals surface area contributed by atoms with E-state index in [4.69, 9.17) is 4.55 Å². The molecule has 1 saturated carbocycles. The summed E-state index contributed by atoms with van der Waals surface area (Å²) in [5, 5.41) is 0. The van der Waals surface area contributed by atoms with Crippen molar-refractivity contribution in [3.05, 3.63) is 0 Å². The summed E-state index contributed by atoms with van der Waals surface area (Å²) in [6, 6.07) is -0.0428. The highest BCUT2D eigenvalue weighted by molar-refractivity contribution is 7.83. The summed E-state index contributed by atoms with van der Waals surface area (Å²) in [5.41, 5.74) is 0. The van der Waals surface area contributed by atoms with E-state index in [0.29, 0.717) is 0 Å². The second-order valence-electron chi connectivity index (χ2n) is 2.93. The van der Waals surface area contributed by atoms with E-state index in [1.165, 1.54) is 6.42 Å². The predicted molar refractivity (Wildman–Crippen MR) is 44.1 cm³/mol. The normalized spacial score (nSPS) is 20.1. The first-order valence-corrected chi connectivity index (χ1v) is 5.27. The van der Waals surface area contributed by atoms with Crippen LogP contribution in [0.15, 0.2) is 0 Å². The third-order valence-electron chi connectivity index (χ3n) is 1.92. The lowest BCUT2D eigenvalue weighted by Crippen LogP contribution is -2.35. The van der Waals surface area contributed by atoms with Gasteiger partial charge in [0.05, 0.1) is 0 Å². The van der Waals surface area contributed by atoms with Crippen molar-refractivity contribution in [3.8, 4) is 0 Å². The number of nitrogens with one attached hydrogen (secondary N) is 1. The largest absolute Gasteiger partial charge is 0.333 e. The Morgan fingerprint density at radius 1 is 1.17 bits per heavy atom. The van der Waals surface area contributed by atoms with Crippen molar-refractivity contribution >= 4 is 10.3 Å². The number of halogens is 1. The van der Waals surface area contributed by atoms with Crippen LogP contribution in [0.1, 0.15) is 32.1 Å². The van der Waals surface area contributed by atoms with E-state index in [0.717, 1.165) is 25.7 Å². The minimum absolute atomic E-state index is 0. The van der Waals surface area contributed by atoms with Gasteiger partial charge in [-0.2, -0.15) is 13.1 Å². The van der Waals surface area contributed by atoms with Crippen LogP contribution in [0.5, 0.6) is 0 Å². The zero-order valence-electron chi connectivity index (χ0n) is 6.69. The fourth-order valence-corrected chi connectivity index (χ4v) is 2.09. The van der Waals surface area contributed by atoms with E-state index >= 15 is 0 Å². The second kappa shape index (κ2) is 4.74. The Labute approximate surface area is 71.6 Å². The van der Waals surface area contributed by atoms with Crippen molar-refractivity contribution in [1.82, 2.24) is 4.72 Å². The quantitative estimate of drug-likeness (QED) is 0.648. The number of hydrogen-bond acceptors (Lipinski definition) is 2. The third-order valence-corrected chi connectivity index (χ3v) is 2.55. The van der Waals surface area contributed by atoms with Crippen molar-refractivity contribution < 1.29 is 17.7 Å². The van der Waals surface area contributed by atoms with Gasteiger partial charge in [-0.15, -0.1) is 0 Å². The Morgan fingerprint density at radius 2 is 1.67 bits per heavy atom. The lowest BCUT2D eigenvalue weighted by molar-refractivity contribution is 0.389. The van der Waals surface area contributed by atoms with E-state index in [1.54, 1.807) is 0 Å². The van der Waals surface area contributed by atoms with Crippen LogP contribution in [0.3, 0.4) is 0 Å². The maximum atomic E-state index is 10.3. The Morgan fingerprint density at radius 3 is 2.08 bits per heavy atom. The first-order valence-electron chi connectivity index (χ1n) is 3.83. The molecule has 0 saturated heterocycles. The van der Waals surface area contributed by atoms with Crippen LogP contribution in [0.4, 0.5) is 4.70 Å². The highest BCUT2D eigenvalue weighted by Crippen LogP contribution is 2.17. The first kappa shape index (κ1) is 11.8. The topological polar surface area (TPSA) is 66.4 Å². The summed E-state index contributed by atoms with van der Waals surface area (Å²) < 4.78 is 31.3. The molecule has 0 unspecified atom stereocenters. The zero-order valence-corrected chi connectivity index (χ0v) is 7.51. The molecule has 0 radical (unpaired) electrons. The molecule has 1 rings (SSSR count). The molecule has 0 bridgehead atoms. The molecule has 2 N–H and O–H groups in total. The van der Waals surface area contributed by atoms with Gasteiger partial charge in [-0.3, -0.25) is 9.26 Å². The number of hydrogen-bond donors (Lipinski definition) is 2. The van der Waals surface area contributed by atoms with Gasteiger partial charge >= 0.3 is 10.3 Å². The molecular formula is C6H14FNO3S. The average molecular weight is 199 g/mol. The number of rotatable bonds is 2. The predicted octanol–water partition coefficient (Wildman–Crippen LogP) is 0.864. The highest BCUT2D eigenvalue weighted by Gasteiger charge is 2.17. The Hall–Kier alpha value is -0.200. The molecule has 0 aromatic heterocycles. The molecule has 0 aliphatic heterocycles. The molecule has 12 heavy (non-hydrogen) atoms. The molecule has 0 spiro atoms. The molecule has 1 fully saturated rings. The van der Waals surface area contributed by atoms with Gasteiger partial charge in [0.1, 0.15) is 0 Å². The molecule has 4 nitrogen and oxygen atoms in total. The van der Waals surface area contributed by atoms with E-state index in [9.17, 15) is 8.42 Å². The van der Waals surface area contributed by atoms with Gasteiger partial charge in [-0.1, -0.05) is 19.3 Å². The Balaban J connectivity index is 0.00000121. The summed E-state index contributed by atoms with van der Waals surface area (Å²) in [7, 11) is -3.97. The van der Waals surface area contributed by atoms with E-state index in [1.807, 2.05) is 0 Å². The average Bonchev–Trinajstić information content (AvgIpc) is 1.85. The fraction of sp³-hybridized carbons (Fsp3) is 1.00. The molecule has 0 aromatic carbocycles. The van der Waals surface area contributed by atoms with Crippen LogP contribution in [0.25, 0.3) is 0 Å². The summed E-state index contributed by atoms with van der Waals surface area (Å²) in [5.74, 6) is 0. The molecule has 0 atom stereocenters. The minimum Gasteiger partial charge on any atom is -0.273 e. The maximum Gasteiger partial charge on any atom is 0.333 e. The van der Waals surface area contributed by atoms with Gasteiger partial charge in [0.25, 0.3) is 0 Å². The molecule has 0 heterocycles. The SMILES string of the molecule is F.O=S(=O)(O)NC1CCCCC1. The van der Waals surface area contributed by atoms with Gasteiger partial charge in [-0.05, 0) is 12.8 Å². The van der Waals surface area contributed by atoms with Crippen molar-refractivity contribution in [2.75, 3.05) is 0 Å².